The highest BCUT2D eigenvalue weighted by molar-refractivity contribution is 6.29. The molecule has 0 radical (unpaired) electrons. The Hall–Kier alpha value is -2.13. The Morgan fingerprint density at radius 2 is 2.12 bits per heavy atom. The van der Waals surface area contributed by atoms with Crippen LogP contribution >= 0.6 is 11.6 Å². The summed E-state index contributed by atoms with van der Waals surface area (Å²) >= 11 is 5.84. The van der Waals surface area contributed by atoms with Crippen LogP contribution in [0.25, 0.3) is 0 Å². The number of carbonyl (C=O) groups excluding carboxylic acids is 1. The summed E-state index contributed by atoms with van der Waals surface area (Å²) in [7, 11) is 1.64. The number of nitrogens with zero attached hydrogens (tertiary/aromatic N) is 4. The van der Waals surface area contributed by atoms with Gasteiger partial charge in [-0.2, -0.15) is 0 Å². The van der Waals surface area contributed by atoms with Gasteiger partial charge >= 0.3 is 12.1 Å². The quantitative estimate of drug-likeness (QED) is 0.857. The van der Waals surface area contributed by atoms with E-state index in [1.807, 2.05) is 0 Å². The third-order valence-electron chi connectivity index (χ3n) is 3.46. The van der Waals surface area contributed by atoms with E-state index in [4.69, 9.17) is 21.1 Å². The van der Waals surface area contributed by atoms with Crippen LogP contribution < -0.4 is 4.90 Å². The topological polar surface area (TPSA) is 105 Å². The summed E-state index contributed by atoms with van der Waals surface area (Å²) in [6.07, 6.45) is -1.02. The van der Waals surface area contributed by atoms with Crippen LogP contribution in [-0.2, 0) is 9.47 Å². The Labute approximate surface area is 150 Å². The van der Waals surface area contributed by atoms with Crippen LogP contribution in [-0.4, -0.2) is 70.8 Å². The molecule has 2 rings (SSSR count). The van der Waals surface area contributed by atoms with Crippen molar-refractivity contribution in [2.45, 2.75) is 32.6 Å². The molecule has 1 atom stereocenters. The van der Waals surface area contributed by atoms with Crippen LogP contribution in [0.15, 0.2) is 6.07 Å². The minimum absolute atomic E-state index is 0.0617. The molecule has 0 aromatic carbocycles. The fraction of sp³-hybridized carbons (Fsp3) is 0.600. The van der Waals surface area contributed by atoms with E-state index in [2.05, 4.69) is 10.2 Å². The summed E-state index contributed by atoms with van der Waals surface area (Å²) in [6, 6.07) is 1.40. The number of ether oxygens (including phenoxy) is 2. The van der Waals surface area contributed by atoms with E-state index in [1.165, 1.54) is 11.0 Å². The SMILES string of the molecule is CN(c1cc(Cl)nnc1C(=O)O)C1CN(C(=O)OC(C)(C)C)CCO1. The van der Waals surface area contributed by atoms with Crippen LogP contribution in [0.5, 0.6) is 0 Å². The van der Waals surface area contributed by atoms with Crippen LogP contribution in [0.4, 0.5) is 10.5 Å². The van der Waals surface area contributed by atoms with E-state index in [-0.39, 0.29) is 23.1 Å². The van der Waals surface area contributed by atoms with Gasteiger partial charge in [0, 0.05) is 19.7 Å². The Kier molecular flexibility index (Phi) is 5.69. The van der Waals surface area contributed by atoms with Crippen molar-refractivity contribution in [2.75, 3.05) is 31.6 Å². The van der Waals surface area contributed by atoms with Gasteiger partial charge in [0.1, 0.15) is 11.8 Å². The van der Waals surface area contributed by atoms with E-state index in [0.29, 0.717) is 13.2 Å². The minimum Gasteiger partial charge on any atom is -0.476 e. The molecule has 0 aliphatic carbocycles. The molecule has 0 bridgehead atoms. The maximum Gasteiger partial charge on any atom is 0.410 e. The van der Waals surface area contributed by atoms with Crippen LogP contribution in [0.1, 0.15) is 31.3 Å². The first kappa shape index (κ1) is 19.2. The largest absolute Gasteiger partial charge is 0.476 e. The summed E-state index contributed by atoms with van der Waals surface area (Å²) in [5, 5.41) is 16.5. The number of aromatic carboxylic acids is 1. The number of morpholine rings is 1. The molecule has 1 aromatic heterocycles. The van der Waals surface area contributed by atoms with E-state index < -0.39 is 23.9 Å². The van der Waals surface area contributed by atoms with Gasteiger partial charge in [0.05, 0.1) is 18.8 Å². The lowest BCUT2D eigenvalue weighted by atomic mass is 10.2. The molecule has 0 spiro atoms. The second-order valence-electron chi connectivity index (χ2n) is 6.57. The molecule has 1 aliphatic heterocycles. The second kappa shape index (κ2) is 7.40. The number of hydrogen-bond acceptors (Lipinski definition) is 7. The molecule has 1 saturated heterocycles. The van der Waals surface area contributed by atoms with Gasteiger partial charge in [-0.05, 0) is 20.8 Å². The van der Waals surface area contributed by atoms with Gasteiger partial charge < -0.3 is 24.4 Å². The third kappa shape index (κ3) is 4.93. The molecule has 0 saturated carbocycles. The summed E-state index contributed by atoms with van der Waals surface area (Å²) in [5.41, 5.74) is -0.594. The Morgan fingerprint density at radius 1 is 1.44 bits per heavy atom. The summed E-state index contributed by atoms with van der Waals surface area (Å²) in [5.74, 6) is -1.23. The van der Waals surface area contributed by atoms with Crippen molar-refractivity contribution in [3.05, 3.63) is 16.9 Å². The Bertz CT molecular complexity index is 664. The summed E-state index contributed by atoms with van der Waals surface area (Å²) in [6.45, 7) is 6.27. The molecule has 9 nitrogen and oxygen atoms in total. The monoisotopic (exact) mass is 372 g/mol. The molecule has 1 amide bonds. The number of aromatic nitrogens is 2. The van der Waals surface area contributed by atoms with Crippen LogP contribution in [0.2, 0.25) is 5.15 Å². The van der Waals surface area contributed by atoms with E-state index in [0.717, 1.165) is 0 Å². The van der Waals surface area contributed by atoms with Gasteiger partial charge in [-0.25, -0.2) is 9.59 Å². The number of likely N-dealkylation sites (N-methyl/N-ethyl adjacent to an activating group) is 1. The molecular formula is C15H21ClN4O5. The highest BCUT2D eigenvalue weighted by Gasteiger charge is 2.32. The molecular weight excluding hydrogens is 352 g/mol. The predicted molar refractivity (Wildman–Crippen MR) is 90.0 cm³/mol. The zero-order valence-electron chi connectivity index (χ0n) is 14.5. The maximum absolute atomic E-state index is 12.2. The second-order valence-corrected chi connectivity index (χ2v) is 6.96. The molecule has 10 heteroatoms. The molecule has 2 heterocycles. The average Bonchev–Trinajstić information content (AvgIpc) is 2.52. The number of carboxylic acid groups (broad SMARTS) is 1. The molecule has 1 fully saturated rings. The first-order valence-corrected chi connectivity index (χ1v) is 8.05. The fourth-order valence-electron chi connectivity index (χ4n) is 2.29. The summed E-state index contributed by atoms with van der Waals surface area (Å²) < 4.78 is 11.0. The average molecular weight is 373 g/mol. The first-order chi connectivity index (χ1) is 11.6. The van der Waals surface area contributed by atoms with E-state index in [1.54, 1.807) is 32.7 Å². The smallest absolute Gasteiger partial charge is 0.410 e. The number of carboxylic acids is 1. The Morgan fingerprint density at radius 3 is 2.72 bits per heavy atom. The number of hydrogen-bond donors (Lipinski definition) is 1. The minimum atomic E-state index is -1.23. The number of halogens is 1. The van der Waals surface area contributed by atoms with Gasteiger partial charge in [-0.3, -0.25) is 0 Å². The summed E-state index contributed by atoms with van der Waals surface area (Å²) in [4.78, 5) is 26.7. The molecule has 25 heavy (non-hydrogen) atoms. The zero-order valence-corrected chi connectivity index (χ0v) is 15.3. The van der Waals surface area contributed by atoms with Crippen LogP contribution in [0, 0.1) is 0 Å². The maximum atomic E-state index is 12.2. The molecule has 138 valence electrons. The van der Waals surface area contributed by atoms with Crippen molar-refractivity contribution in [3.8, 4) is 0 Å². The Balaban J connectivity index is 2.17. The standard InChI is InChI=1S/C15H21ClN4O5/c1-15(2,3)25-14(23)20-5-6-24-11(8-20)19(4)9-7-10(16)17-18-12(9)13(21)22/h7,11H,5-6,8H2,1-4H3,(H,21,22). The lowest BCUT2D eigenvalue weighted by Gasteiger charge is -2.38. The molecule has 1 N–H and O–H groups in total. The predicted octanol–water partition coefficient (Wildman–Crippen LogP) is 1.86. The number of rotatable bonds is 3. The number of amides is 1. The lowest BCUT2D eigenvalue weighted by Crippen LogP contribution is -2.53. The molecule has 1 unspecified atom stereocenters. The van der Waals surface area contributed by atoms with Gasteiger partial charge in [0.2, 0.25) is 0 Å². The van der Waals surface area contributed by atoms with E-state index in [9.17, 15) is 14.7 Å². The first-order valence-electron chi connectivity index (χ1n) is 7.67. The van der Waals surface area contributed by atoms with Crippen molar-refractivity contribution in [2.24, 2.45) is 0 Å². The van der Waals surface area contributed by atoms with Crippen molar-refractivity contribution >= 4 is 29.4 Å². The molecule has 1 aliphatic rings. The number of anilines is 1. The molecule has 1 aromatic rings. The normalized spacial score (nSPS) is 18.0. The number of carbonyl (C=O) groups is 2. The fourth-order valence-corrected chi connectivity index (χ4v) is 2.43. The highest BCUT2D eigenvalue weighted by atomic mass is 35.5. The van der Waals surface area contributed by atoms with Crippen molar-refractivity contribution < 1.29 is 24.2 Å². The van der Waals surface area contributed by atoms with Crippen LogP contribution in [0.3, 0.4) is 0 Å². The van der Waals surface area contributed by atoms with Crippen molar-refractivity contribution in [3.63, 3.8) is 0 Å². The van der Waals surface area contributed by atoms with Gasteiger partial charge in [-0.15, -0.1) is 10.2 Å². The van der Waals surface area contributed by atoms with Gasteiger partial charge in [0.25, 0.3) is 0 Å². The van der Waals surface area contributed by atoms with E-state index >= 15 is 0 Å². The van der Waals surface area contributed by atoms with Gasteiger partial charge in [0.15, 0.2) is 10.8 Å². The highest BCUT2D eigenvalue weighted by Crippen LogP contribution is 2.24. The lowest BCUT2D eigenvalue weighted by molar-refractivity contribution is -0.0410. The van der Waals surface area contributed by atoms with Crippen molar-refractivity contribution in [1.29, 1.82) is 0 Å². The van der Waals surface area contributed by atoms with Gasteiger partial charge in [-0.1, -0.05) is 11.6 Å². The zero-order chi connectivity index (χ0) is 18.8. The third-order valence-corrected chi connectivity index (χ3v) is 3.64. The van der Waals surface area contributed by atoms with Crippen molar-refractivity contribution in [1.82, 2.24) is 15.1 Å².